The molecular formula is C14H16FN5O. The van der Waals surface area contributed by atoms with Gasteiger partial charge in [0.15, 0.2) is 11.6 Å². The zero-order chi connectivity index (χ0) is 14.7. The van der Waals surface area contributed by atoms with Crippen molar-refractivity contribution in [2.45, 2.75) is 19.4 Å². The van der Waals surface area contributed by atoms with Crippen LogP contribution < -0.4 is 5.32 Å². The lowest BCUT2D eigenvalue weighted by Crippen LogP contribution is -2.37. The van der Waals surface area contributed by atoms with E-state index in [1.807, 2.05) is 11.0 Å². The molecule has 3 rings (SSSR count). The molecule has 0 aromatic carbocycles. The Labute approximate surface area is 121 Å². The van der Waals surface area contributed by atoms with Crippen molar-refractivity contribution in [2.75, 3.05) is 13.1 Å². The molecule has 110 valence electrons. The number of aromatic nitrogens is 3. The number of carbonyl (C=O) groups is 1. The minimum Gasteiger partial charge on any atom is -0.334 e. The van der Waals surface area contributed by atoms with Crippen molar-refractivity contribution in [2.24, 2.45) is 0 Å². The molecule has 1 N–H and O–H groups in total. The number of likely N-dealkylation sites (tertiary alicyclic amines) is 1. The summed E-state index contributed by atoms with van der Waals surface area (Å²) < 4.78 is 14.2. The minimum absolute atomic E-state index is 0.0364. The first-order chi connectivity index (χ1) is 10.2. The quantitative estimate of drug-likeness (QED) is 0.935. The SMILES string of the molecule is O=C(NCc1ccc(-n2cc(F)cn2)nc1)N1CCCC1. The molecule has 2 amide bonds. The molecule has 0 atom stereocenters. The van der Waals surface area contributed by atoms with Crippen molar-refractivity contribution in [3.05, 3.63) is 42.1 Å². The molecule has 0 unspecified atom stereocenters. The molecule has 1 saturated heterocycles. The van der Waals surface area contributed by atoms with Crippen LogP contribution in [-0.2, 0) is 6.54 Å². The predicted molar refractivity (Wildman–Crippen MR) is 74.4 cm³/mol. The Kier molecular flexibility index (Phi) is 3.81. The average Bonchev–Trinajstić information content (AvgIpc) is 3.17. The Morgan fingerprint density at radius 1 is 1.29 bits per heavy atom. The van der Waals surface area contributed by atoms with Crippen LogP contribution in [0.15, 0.2) is 30.7 Å². The van der Waals surface area contributed by atoms with Gasteiger partial charge in [0.2, 0.25) is 0 Å². The molecule has 6 nitrogen and oxygen atoms in total. The van der Waals surface area contributed by atoms with Crippen LogP contribution in [0.5, 0.6) is 0 Å². The average molecular weight is 289 g/mol. The first-order valence-corrected chi connectivity index (χ1v) is 6.90. The second-order valence-electron chi connectivity index (χ2n) is 4.98. The third-order valence-electron chi connectivity index (χ3n) is 3.43. The van der Waals surface area contributed by atoms with Crippen molar-refractivity contribution in [3.8, 4) is 5.82 Å². The smallest absolute Gasteiger partial charge is 0.317 e. The number of halogens is 1. The van der Waals surface area contributed by atoms with E-state index < -0.39 is 5.82 Å². The fraction of sp³-hybridized carbons (Fsp3) is 0.357. The Bertz CT molecular complexity index is 619. The molecule has 0 radical (unpaired) electrons. The van der Waals surface area contributed by atoms with Gasteiger partial charge in [0, 0.05) is 25.8 Å². The van der Waals surface area contributed by atoms with Crippen molar-refractivity contribution in [1.29, 1.82) is 0 Å². The number of hydrogen-bond donors (Lipinski definition) is 1. The molecule has 2 aromatic rings. The van der Waals surface area contributed by atoms with Crippen LogP contribution in [0.2, 0.25) is 0 Å². The monoisotopic (exact) mass is 289 g/mol. The number of amides is 2. The molecule has 2 aromatic heterocycles. The van der Waals surface area contributed by atoms with Crippen LogP contribution in [0.3, 0.4) is 0 Å². The van der Waals surface area contributed by atoms with Crippen LogP contribution >= 0.6 is 0 Å². The van der Waals surface area contributed by atoms with E-state index in [2.05, 4.69) is 15.4 Å². The lowest BCUT2D eigenvalue weighted by molar-refractivity contribution is 0.208. The molecule has 0 aliphatic carbocycles. The highest BCUT2D eigenvalue weighted by molar-refractivity contribution is 5.74. The lowest BCUT2D eigenvalue weighted by Gasteiger charge is -2.16. The predicted octanol–water partition coefficient (Wildman–Crippen LogP) is 1.71. The third-order valence-corrected chi connectivity index (χ3v) is 3.43. The van der Waals surface area contributed by atoms with Gasteiger partial charge in [-0.3, -0.25) is 0 Å². The van der Waals surface area contributed by atoms with Gasteiger partial charge >= 0.3 is 6.03 Å². The highest BCUT2D eigenvalue weighted by Gasteiger charge is 2.17. The first kappa shape index (κ1) is 13.5. The Hall–Kier alpha value is -2.44. The lowest BCUT2D eigenvalue weighted by atomic mass is 10.3. The normalized spacial score (nSPS) is 14.4. The van der Waals surface area contributed by atoms with Gasteiger partial charge in [0.25, 0.3) is 0 Å². The van der Waals surface area contributed by atoms with Gasteiger partial charge in [-0.1, -0.05) is 6.07 Å². The van der Waals surface area contributed by atoms with Crippen molar-refractivity contribution >= 4 is 6.03 Å². The third kappa shape index (κ3) is 3.18. The number of hydrogen-bond acceptors (Lipinski definition) is 3. The van der Waals surface area contributed by atoms with E-state index in [1.165, 1.54) is 10.9 Å². The summed E-state index contributed by atoms with van der Waals surface area (Å²) in [7, 11) is 0. The number of pyridine rings is 1. The maximum absolute atomic E-state index is 12.9. The van der Waals surface area contributed by atoms with Gasteiger partial charge in [0.05, 0.1) is 12.4 Å². The number of urea groups is 1. The number of rotatable bonds is 3. The maximum Gasteiger partial charge on any atom is 0.317 e. The highest BCUT2D eigenvalue weighted by atomic mass is 19.1. The summed E-state index contributed by atoms with van der Waals surface area (Å²) in [5, 5.41) is 6.71. The standard InChI is InChI=1S/C14H16FN5O/c15-12-9-18-20(10-12)13-4-3-11(7-16-13)8-17-14(21)19-5-1-2-6-19/h3-4,7,9-10H,1-2,5-6,8H2,(H,17,21). The van der Waals surface area contributed by atoms with Crippen molar-refractivity contribution in [3.63, 3.8) is 0 Å². The van der Waals surface area contributed by atoms with Gasteiger partial charge in [0.1, 0.15) is 0 Å². The molecular weight excluding hydrogens is 273 g/mol. The van der Waals surface area contributed by atoms with Crippen LogP contribution in [0.25, 0.3) is 5.82 Å². The van der Waals surface area contributed by atoms with E-state index in [9.17, 15) is 9.18 Å². The molecule has 21 heavy (non-hydrogen) atoms. The summed E-state index contributed by atoms with van der Waals surface area (Å²) in [6.45, 7) is 2.08. The van der Waals surface area contributed by atoms with Crippen LogP contribution in [0.1, 0.15) is 18.4 Å². The van der Waals surface area contributed by atoms with Gasteiger partial charge in [-0.15, -0.1) is 0 Å². The first-order valence-electron chi connectivity index (χ1n) is 6.90. The Balaban J connectivity index is 1.58. The zero-order valence-corrected chi connectivity index (χ0v) is 11.5. The summed E-state index contributed by atoms with van der Waals surface area (Å²) in [6.07, 6.45) is 6.19. The number of nitrogens with one attached hydrogen (secondary N) is 1. The van der Waals surface area contributed by atoms with Crippen LogP contribution in [0, 0.1) is 5.82 Å². The summed E-state index contributed by atoms with van der Waals surface area (Å²) in [4.78, 5) is 17.9. The summed E-state index contributed by atoms with van der Waals surface area (Å²) >= 11 is 0. The van der Waals surface area contributed by atoms with Gasteiger partial charge < -0.3 is 10.2 Å². The zero-order valence-electron chi connectivity index (χ0n) is 11.5. The molecule has 0 spiro atoms. The van der Waals surface area contributed by atoms with Gasteiger partial charge in [-0.05, 0) is 24.5 Å². The summed E-state index contributed by atoms with van der Waals surface area (Å²) in [6, 6.07) is 3.54. The molecule has 1 aliphatic heterocycles. The number of nitrogens with zero attached hydrogens (tertiary/aromatic N) is 4. The van der Waals surface area contributed by atoms with E-state index in [-0.39, 0.29) is 6.03 Å². The van der Waals surface area contributed by atoms with E-state index in [0.29, 0.717) is 12.4 Å². The van der Waals surface area contributed by atoms with Crippen molar-refractivity contribution < 1.29 is 9.18 Å². The van der Waals surface area contributed by atoms with Gasteiger partial charge in [-0.2, -0.15) is 5.10 Å². The highest BCUT2D eigenvalue weighted by Crippen LogP contribution is 2.09. The Morgan fingerprint density at radius 2 is 2.10 bits per heavy atom. The van der Waals surface area contributed by atoms with E-state index in [1.54, 1.807) is 12.3 Å². The van der Waals surface area contributed by atoms with E-state index >= 15 is 0 Å². The maximum atomic E-state index is 12.9. The van der Waals surface area contributed by atoms with Crippen LogP contribution in [-0.4, -0.2) is 38.8 Å². The molecule has 3 heterocycles. The largest absolute Gasteiger partial charge is 0.334 e. The fourth-order valence-electron chi connectivity index (χ4n) is 2.29. The van der Waals surface area contributed by atoms with Gasteiger partial charge in [-0.25, -0.2) is 18.9 Å². The molecule has 1 aliphatic rings. The molecule has 1 fully saturated rings. The fourth-order valence-corrected chi connectivity index (χ4v) is 2.29. The van der Waals surface area contributed by atoms with Crippen LogP contribution in [0.4, 0.5) is 9.18 Å². The van der Waals surface area contributed by atoms with E-state index in [0.717, 1.165) is 37.7 Å². The topological polar surface area (TPSA) is 63.1 Å². The number of carbonyl (C=O) groups excluding carboxylic acids is 1. The minimum atomic E-state index is -0.404. The van der Waals surface area contributed by atoms with E-state index in [4.69, 9.17) is 0 Å². The Morgan fingerprint density at radius 3 is 2.71 bits per heavy atom. The molecule has 7 heteroatoms. The summed E-state index contributed by atoms with van der Waals surface area (Å²) in [5.41, 5.74) is 0.888. The molecule has 0 saturated carbocycles. The molecule has 0 bridgehead atoms. The second kappa shape index (κ2) is 5.90. The second-order valence-corrected chi connectivity index (χ2v) is 4.98. The summed E-state index contributed by atoms with van der Waals surface area (Å²) in [5.74, 6) is 0.132. The van der Waals surface area contributed by atoms with Crippen molar-refractivity contribution in [1.82, 2.24) is 25.0 Å².